The highest BCUT2D eigenvalue weighted by Gasteiger charge is 2.19. The lowest BCUT2D eigenvalue weighted by atomic mass is 10.2. The lowest BCUT2D eigenvalue weighted by Gasteiger charge is -2.36. The van der Waals surface area contributed by atoms with Crippen LogP contribution in [-0.4, -0.2) is 56.0 Å². The van der Waals surface area contributed by atoms with Gasteiger partial charge in [-0.1, -0.05) is 29.3 Å². The Labute approximate surface area is 146 Å². The molecule has 23 heavy (non-hydrogen) atoms. The molecular formula is C16H20Cl2N2O3. The van der Waals surface area contributed by atoms with Crippen molar-refractivity contribution in [2.75, 3.05) is 44.2 Å². The summed E-state index contributed by atoms with van der Waals surface area (Å²) in [6, 6.07) is 5.64. The summed E-state index contributed by atoms with van der Waals surface area (Å²) < 4.78 is 5.05. The van der Waals surface area contributed by atoms with Crippen molar-refractivity contribution in [3.05, 3.63) is 28.2 Å². The quantitative estimate of drug-likeness (QED) is 0.577. The molecule has 0 aliphatic carbocycles. The number of hydrogen-bond donors (Lipinski definition) is 0. The predicted molar refractivity (Wildman–Crippen MR) is 91.4 cm³/mol. The lowest BCUT2D eigenvalue weighted by Crippen LogP contribution is -2.47. The molecule has 2 rings (SSSR count). The third kappa shape index (κ3) is 5.37. The minimum Gasteiger partial charge on any atom is -0.464 e. The van der Waals surface area contributed by atoms with Crippen molar-refractivity contribution in [3.8, 4) is 0 Å². The third-order valence-corrected chi connectivity index (χ3v) is 4.52. The van der Waals surface area contributed by atoms with Gasteiger partial charge in [0.05, 0.1) is 15.7 Å². The number of Topliss-reactive ketones (excluding diaryl/α,β-unsaturated/α-hetero) is 1. The molecule has 5 nitrogen and oxygen atoms in total. The molecule has 0 radical (unpaired) electrons. The second-order valence-corrected chi connectivity index (χ2v) is 6.29. The largest absolute Gasteiger partial charge is 0.464 e. The number of halogens is 2. The van der Waals surface area contributed by atoms with E-state index in [1.807, 2.05) is 12.1 Å². The molecule has 0 saturated carbocycles. The SMILES string of the molecule is CC(=O)CC(=O)OCCN1CCN(c2cccc(Cl)c2Cl)CC1. The average Bonchev–Trinajstić information content (AvgIpc) is 2.50. The summed E-state index contributed by atoms with van der Waals surface area (Å²) in [5.41, 5.74) is 0.951. The first-order valence-electron chi connectivity index (χ1n) is 7.53. The van der Waals surface area contributed by atoms with Gasteiger partial charge in [0.15, 0.2) is 0 Å². The molecule has 0 atom stereocenters. The fourth-order valence-electron chi connectivity index (χ4n) is 2.49. The third-order valence-electron chi connectivity index (χ3n) is 3.71. The average molecular weight is 359 g/mol. The van der Waals surface area contributed by atoms with E-state index in [0.29, 0.717) is 23.2 Å². The Balaban J connectivity index is 1.75. The van der Waals surface area contributed by atoms with Crippen LogP contribution < -0.4 is 4.90 Å². The van der Waals surface area contributed by atoms with Gasteiger partial charge in [-0.2, -0.15) is 0 Å². The summed E-state index contributed by atoms with van der Waals surface area (Å²) in [4.78, 5) is 26.5. The van der Waals surface area contributed by atoms with Crippen LogP contribution in [0.3, 0.4) is 0 Å². The number of hydrogen-bond acceptors (Lipinski definition) is 5. The number of nitrogens with zero attached hydrogens (tertiary/aromatic N) is 2. The van der Waals surface area contributed by atoms with Crippen LogP contribution in [0, 0.1) is 0 Å². The molecule has 1 aromatic carbocycles. The van der Waals surface area contributed by atoms with E-state index < -0.39 is 5.97 Å². The first-order chi connectivity index (χ1) is 11.0. The second kappa shape index (κ2) is 8.52. The molecule has 1 aromatic rings. The van der Waals surface area contributed by atoms with Gasteiger partial charge in [-0.3, -0.25) is 14.5 Å². The van der Waals surface area contributed by atoms with E-state index in [9.17, 15) is 9.59 Å². The van der Waals surface area contributed by atoms with Crippen molar-refractivity contribution < 1.29 is 14.3 Å². The summed E-state index contributed by atoms with van der Waals surface area (Å²) in [6.07, 6.45) is -0.152. The molecule has 126 valence electrons. The zero-order valence-electron chi connectivity index (χ0n) is 13.1. The van der Waals surface area contributed by atoms with Gasteiger partial charge in [0, 0.05) is 32.7 Å². The number of benzene rings is 1. The van der Waals surface area contributed by atoms with E-state index in [0.717, 1.165) is 31.9 Å². The van der Waals surface area contributed by atoms with Crippen molar-refractivity contribution in [1.29, 1.82) is 0 Å². The number of piperazine rings is 1. The van der Waals surface area contributed by atoms with Crippen LogP contribution in [0.5, 0.6) is 0 Å². The Hall–Kier alpha value is -1.30. The molecule has 1 fully saturated rings. The summed E-state index contributed by atoms with van der Waals surface area (Å²) in [5, 5.41) is 1.14. The number of ether oxygens (including phenoxy) is 1. The lowest BCUT2D eigenvalue weighted by molar-refractivity contribution is -0.146. The van der Waals surface area contributed by atoms with Crippen LogP contribution in [0.2, 0.25) is 10.0 Å². The van der Waals surface area contributed by atoms with Crippen molar-refractivity contribution >= 4 is 40.6 Å². The predicted octanol–water partition coefficient (Wildman–Crippen LogP) is 2.64. The van der Waals surface area contributed by atoms with Crippen LogP contribution in [0.25, 0.3) is 0 Å². The van der Waals surface area contributed by atoms with Crippen LogP contribution in [0.4, 0.5) is 5.69 Å². The Morgan fingerprint density at radius 1 is 1.17 bits per heavy atom. The van der Waals surface area contributed by atoms with Crippen LogP contribution >= 0.6 is 23.2 Å². The van der Waals surface area contributed by atoms with Crippen LogP contribution in [-0.2, 0) is 14.3 Å². The first kappa shape index (κ1) is 18.0. The summed E-state index contributed by atoms with van der Waals surface area (Å²) in [5.74, 6) is -0.635. The highest BCUT2D eigenvalue weighted by molar-refractivity contribution is 6.43. The maximum atomic E-state index is 11.3. The van der Waals surface area contributed by atoms with Gasteiger partial charge in [0.25, 0.3) is 0 Å². The van der Waals surface area contributed by atoms with E-state index >= 15 is 0 Å². The molecule has 0 spiro atoms. The number of carbonyl (C=O) groups is 2. The Kier molecular flexibility index (Phi) is 6.69. The highest BCUT2D eigenvalue weighted by atomic mass is 35.5. The van der Waals surface area contributed by atoms with Crippen molar-refractivity contribution in [1.82, 2.24) is 4.90 Å². The van der Waals surface area contributed by atoms with Gasteiger partial charge in [-0.05, 0) is 19.1 Å². The van der Waals surface area contributed by atoms with Gasteiger partial charge in [0.2, 0.25) is 0 Å². The first-order valence-corrected chi connectivity index (χ1v) is 8.29. The van der Waals surface area contributed by atoms with Gasteiger partial charge >= 0.3 is 5.97 Å². The minimum atomic E-state index is -0.457. The van der Waals surface area contributed by atoms with Gasteiger partial charge in [-0.25, -0.2) is 0 Å². The van der Waals surface area contributed by atoms with E-state index in [1.165, 1.54) is 6.92 Å². The molecule has 0 N–H and O–H groups in total. The molecule has 1 heterocycles. The van der Waals surface area contributed by atoms with Gasteiger partial charge in [-0.15, -0.1) is 0 Å². The van der Waals surface area contributed by atoms with E-state index in [1.54, 1.807) is 6.07 Å². The van der Waals surface area contributed by atoms with E-state index in [4.69, 9.17) is 27.9 Å². The van der Waals surface area contributed by atoms with Crippen LogP contribution in [0.1, 0.15) is 13.3 Å². The van der Waals surface area contributed by atoms with Crippen molar-refractivity contribution in [2.45, 2.75) is 13.3 Å². The molecule has 1 aliphatic rings. The zero-order chi connectivity index (χ0) is 16.8. The van der Waals surface area contributed by atoms with Crippen molar-refractivity contribution in [2.24, 2.45) is 0 Å². The number of ketones is 1. The van der Waals surface area contributed by atoms with E-state index in [2.05, 4.69) is 9.80 Å². The molecular weight excluding hydrogens is 339 g/mol. The number of carbonyl (C=O) groups excluding carboxylic acids is 2. The smallest absolute Gasteiger partial charge is 0.313 e. The van der Waals surface area contributed by atoms with Gasteiger partial charge in [0.1, 0.15) is 18.8 Å². The summed E-state index contributed by atoms with van der Waals surface area (Å²) >= 11 is 12.3. The normalized spacial score (nSPS) is 15.5. The maximum Gasteiger partial charge on any atom is 0.313 e. The fraction of sp³-hybridized carbons (Fsp3) is 0.500. The molecule has 0 bridgehead atoms. The summed E-state index contributed by atoms with van der Waals surface area (Å²) in [7, 11) is 0. The summed E-state index contributed by atoms with van der Waals surface area (Å²) in [6.45, 7) is 5.73. The molecule has 0 aromatic heterocycles. The zero-order valence-corrected chi connectivity index (χ0v) is 14.6. The Morgan fingerprint density at radius 3 is 2.52 bits per heavy atom. The minimum absolute atomic E-state index is 0.152. The highest BCUT2D eigenvalue weighted by Crippen LogP contribution is 2.32. The van der Waals surface area contributed by atoms with Crippen LogP contribution in [0.15, 0.2) is 18.2 Å². The van der Waals surface area contributed by atoms with E-state index in [-0.39, 0.29) is 12.2 Å². The second-order valence-electron chi connectivity index (χ2n) is 5.50. The Bertz CT molecular complexity index is 572. The Morgan fingerprint density at radius 2 is 1.87 bits per heavy atom. The maximum absolute atomic E-state index is 11.3. The molecule has 0 unspecified atom stereocenters. The number of esters is 1. The molecule has 1 aliphatic heterocycles. The fourth-order valence-corrected chi connectivity index (χ4v) is 2.91. The number of rotatable bonds is 6. The molecule has 1 saturated heterocycles. The molecule has 0 amide bonds. The standard InChI is InChI=1S/C16H20Cl2N2O3/c1-12(21)11-15(22)23-10-9-19-5-7-20(8-6-19)14-4-2-3-13(17)16(14)18/h2-4H,5-11H2,1H3. The van der Waals surface area contributed by atoms with Gasteiger partial charge < -0.3 is 9.64 Å². The number of anilines is 1. The monoisotopic (exact) mass is 358 g/mol. The molecule has 7 heteroatoms. The topological polar surface area (TPSA) is 49.9 Å². The van der Waals surface area contributed by atoms with Crippen molar-refractivity contribution in [3.63, 3.8) is 0 Å².